The summed E-state index contributed by atoms with van der Waals surface area (Å²) in [6.07, 6.45) is 6.44. The molecule has 0 aromatic rings. The highest BCUT2D eigenvalue weighted by Gasteiger charge is 2.26. The minimum Gasteiger partial charge on any atom is -0.393 e. The average molecular weight is 184 g/mol. The molecule has 0 saturated heterocycles. The summed E-state index contributed by atoms with van der Waals surface area (Å²) >= 11 is 0. The van der Waals surface area contributed by atoms with Crippen LogP contribution in [0.4, 0.5) is 0 Å². The second kappa shape index (κ2) is 4.99. The van der Waals surface area contributed by atoms with Crippen molar-refractivity contribution in [3.05, 3.63) is 0 Å². The van der Waals surface area contributed by atoms with Gasteiger partial charge in [-0.3, -0.25) is 0 Å². The van der Waals surface area contributed by atoms with Crippen molar-refractivity contribution in [2.45, 2.75) is 59.0 Å². The fourth-order valence-corrected chi connectivity index (χ4v) is 2.48. The molecule has 1 fully saturated rings. The number of rotatable bonds is 3. The van der Waals surface area contributed by atoms with Gasteiger partial charge in [-0.2, -0.15) is 0 Å². The molecule has 1 unspecified atom stereocenters. The second-order valence-corrected chi connectivity index (χ2v) is 4.92. The quantitative estimate of drug-likeness (QED) is 0.714. The SMILES string of the molecule is CCC1CCC(C(O)C(C)C)CC1. The third kappa shape index (κ3) is 2.98. The van der Waals surface area contributed by atoms with Crippen LogP contribution in [-0.4, -0.2) is 11.2 Å². The highest BCUT2D eigenvalue weighted by molar-refractivity contribution is 4.78. The average Bonchev–Trinajstić information content (AvgIpc) is 2.17. The molecule has 1 heteroatoms. The zero-order chi connectivity index (χ0) is 9.84. The molecule has 0 bridgehead atoms. The molecule has 0 aromatic carbocycles. The molecule has 1 aliphatic rings. The van der Waals surface area contributed by atoms with E-state index >= 15 is 0 Å². The van der Waals surface area contributed by atoms with Crippen LogP contribution < -0.4 is 0 Å². The third-order valence-corrected chi connectivity index (χ3v) is 3.63. The van der Waals surface area contributed by atoms with Gasteiger partial charge in [0.05, 0.1) is 6.10 Å². The van der Waals surface area contributed by atoms with E-state index in [0.29, 0.717) is 11.8 Å². The summed E-state index contributed by atoms with van der Waals surface area (Å²) in [4.78, 5) is 0. The van der Waals surface area contributed by atoms with Gasteiger partial charge >= 0.3 is 0 Å². The van der Waals surface area contributed by atoms with Crippen molar-refractivity contribution in [2.24, 2.45) is 17.8 Å². The van der Waals surface area contributed by atoms with Gasteiger partial charge in [-0.05, 0) is 30.6 Å². The summed E-state index contributed by atoms with van der Waals surface area (Å²) < 4.78 is 0. The Bertz CT molecular complexity index is 134. The van der Waals surface area contributed by atoms with E-state index in [9.17, 15) is 5.11 Å². The lowest BCUT2D eigenvalue weighted by Crippen LogP contribution is -2.29. The zero-order valence-electron chi connectivity index (χ0n) is 9.29. The number of aliphatic hydroxyl groups is 1. The van der Waals surface area contributed by atoms with Gasteiger partial charge in [0.15, 0.2) is 0 Å². The first-order valence-corrected chi connectivity index (χ1v) is 5.83. The van der Waals surface area contributed by atoms with Crippen molar-refractivity contribution in [3.63, 3.8) is 0 Å². The number of hydrogen-bond acceptors (Lipinski definition) is 1. The van der Waals surface area contributed by atoms with Gasteiger partial charge in [0, 0.05) is 0 Å². The molecule has 0 aromatic heterocycles. The van der Waals surface area contributed by atoms with Crippen molar-refractivity contribution < 1.29 is 5.11 Å². The van der Waals surface area contributed by atoms with Gasteiger partial charge in [0.1, 0.15) is 0 Å². The number of hydrogen-bond donors (Lipinski definition) is 1. The smallest absolute Gasteiger partial charge is 0.0591 e. The minimum absolute atomic E-state index is 0.0576. The lowest BCUT2D eigenvalue weighted by Gasteiger charge is -2.32. The summed E-state index contributed by atoms with van der Waals surface area (Å²) in [5.41, 5.74) is 0. The Kier molecular flexibility index (Phi) is 4.24. The summed E-state index contributed by atoms with van der Waals surface area (Å²) in [7, 11) is 0. The standard InChI is InChI=1S/C12H24O/c1-4-10-5-7-11(8-6-10)12(13)9(2)3/h9-13H,4-8H2,1-3H3. The van der Waals surface area contributed by atoms with Gasteiger partial charge in [0.25, 0.3) is 0 Å². The van der Waals surface area contributed by atoms with Crippen LogP contribution in [-0.2, 0) is 0 Å². The normalized spacial score (nSPS) is 32.1. The second-order valence-electron chi connectivity index (χ2n) is 4.92. The maximum atomic E-state index is 9.91. The van der Waals surface area contributed by atoms with Crippen molar-refractivity contribution in [2.75, 3.05) is 0 Å². The summed E-state index contributed by atoms with van der Waals surface area (Å²) in [5, 5.41) is 9.91. The Balaban J connectivity index is 2.32. The van der Waals surface area contributed by atoms with Crippen molar-refractivity contribution in [1.29, 1.82) is 0 Å². The molecule has 0 spiro atoms. The van der Waals surface area contributed by atoms with Crippen LogP contribution in [0.1, 0.15) is 52.9 Å². The molecule has 1 nitrogen and oxygen atoms in total. The van der Waals surface area contributed by atoms with E-state index < -0.39 is 0 Å². The maximum absolute atomic E-state index is 9.91. The van der Waals surface area contributed by atoms with E-state index in [1.54, 1.807) is 0 Å². The first kappa shape index (κ1) is 11.0. The largest absolute Gasteiger partial charge is 0.393 e. The molecule has 1 atom stereocenters. The monoisotopic (exact) mass is 184 g/mol. The first-order chi connectivity index (χ1) is 6.15. The molecule has 1 saturated carbocycles. The van der Waals surface area contributed by atoms with Crippen LogP contribution in [0.5, 0.6) is 0 Å². The predicted octanol–water partition coefficient (Wildman–Crippen LogP) is 3.22. The Morgan fingerprint density at radius 3 is 2.08 bits per heavy atom. The first-order valence-electron chi connectivity index (χ1n) is 5.83. The molecule has 0 radical (unpaired) electrons. The molecule has 1 N–H and O–H groups in total. The lowest BCUT2D eigenvalue weighted by atomic mass is 9.76. The van der Waals surface area contributed by atoms with Gasteiger partial charge in [-0.25, -0.2) is 0 Å². The molecule has 1 aliphatic carbocycles. The van der Waals surface area contributed by atoms with Crippen LogP contribution in [0.25, 0.3) is 0 Å². The Morgan fingerprint density at radius 2 is 1.69 bits per heavy atom. The summed E-state index contributed by atoms with van der Waals surface area (Å²) in [6, 6.07) is 0. The summed E-state index contributed by atoms with van der Waals surface area (Å²) in [5.74, 6) is 1.96. The van der Waals surface area contributed by atoms with Crippen molar-refractivity contribution >= 4 is 0 Å². The molecule has 0 aliphatic heterocycles. The van der Waals surface area contributed by atoms with E-state index in [1.165, 1.54) is 32.1 Å². The van der Waals surface area contributed by atoms with E-state index in [-0.39, 0.29) is 6.10 Å². The van der Waals surface area contributed by atoms with Crippen LogP contribution in [0.15, 0.2) is 0 Å². The van der Waals surface area contributed by atoms with Crippen LogP contribution in [0.2, 0.25) is 0 Å². The zero-order valence-corrected chi connectivity index (χ0v) is 9.29. The van der Waals surface area contributed by atoms with Gasteiger partial charge in [-0.1, -0.05) is 40.0 Å². The van der Waals surface area contributed by atoms with Gasteiger partial charge < -0.3 is 5.11 Å². The minimum atomic E-state index is -0.0576. The van der Waals surface area contributed by atoms with Crippen LogP contribution in [0.3, 0.4) is 0 Å². The van der Waals surface area contributed by atoms with Crippen LogP contribution >= 0.6 is 0 Å². The van der Waals surface area contributed by atoms with E-state index in [1.807, 2.05) is 0 Å². The molecule has 0 heterocycles. The molecular formula is C12H24O. The summed E-state index contributed by atoms with van der Waals surface area (Å²) in [6.45, 7) is 6.52. The van der Waals surface area contributed by atoms with E-state index in [4.69, 9.17) is 0 Å². The molecule has 0 amide bonds. The van der Waals surface area contributed by atoms with Crippen LogP contribution in [0, 0.1) is 17.8 Å². The predicted molar refractivity (Wildman–Crippen MR) is 56.6 cm³/mol. The lowest BCUT2D eigenvalue weighted by molar-refractivity contribution is 0.0377. The van der Waals surface area contributed by atoms with Gasteiger partial charge in [0.2, 0.25) is 0 Å². The molecule has 1 rings (SSSR count). The maximum Gasteiger partial charge on any atom is 0.0591 e. The fraction of sp³-hybridized carbons (Fsp3) is 1.00. The molecule has 13 heavy (non-hydrogen) atoms. The van der Waals surface area contributed by atoms with Crippen molar-refractivity contribution in [3.8, 4) is 0 Å². The van der Waals surface area contributed by atoms with Gasteiger partial charge in [-0.15, -0.1) is 0 Å². The highest BCUT2D eigenvalue weighted by atomic mass is 16.3. The third-order valence-electron chi connectivity index (χ3n) is 3.63. The van der Waals surface area contributed by atoms with E-state index in [0.717, 1.165) is 5.92 Å². The molecular weight excluding hydrogens is 160 g/mol. The Labute approximate surface area is 82.5 Å². The topological polar surface area (TPSA) is 20.2 Å². The van der Waals surface area contributed by atoms with E-state index in [2.05, 4.69) is 20.8 Å². The Hall–Kier alpha value is -0.0400. The molecule has 78 valence electrons. The number of aliphatic hydroxyl groups excluding tert-OH is 1. The van der Waals surface area contributed by atoms with Crippen molar-refractivity contribution in [1.82, 2.24) is 0 Å². The highest BCUT2D eigenvalue weighted by Crippen LogP contribution is 2.34. The Morgan fingerprint density at radius 1 is 1.15 bits per heavy atom. The fourth-order valence-electron chi connectivity index (χ4n) is 2.48.